The van der Waals surface area contributed by atoms with Crippen LogP contribution in [0.5, 0.6) is 0 Å². The summed E-state index contributed by atoms with van der Waals surface area (Å²) < 4.78 is 38.7. The molecule has 1 atom stereocenters. The first-order valence-electron chi connectivity index (χ1n) is 8.32. The SMILES string of the molecule is O=C(Cc1cccc(Br)c1)N(Cc1ccccc1F)C1CCS(=O)(=O)C1. The predicted octanol–water partition coefficient (Wildman–Crippen LogP) is 3.35. The van der Waals surface area contributed by atoms with Gasteiger partial charge < -0.3 is 4.90 Å². The van der Waals surface area contributed by atoms with E-state index in [4.69, 9.17) is 0 Å². The van der Waals surface area contributed by atoms with Crippen LogP contribution in [0.25, 0.3) is 0 Å². The van der Waals surface area contributed by atoms with Crippen LogP contribution in [0.15, 0.2) is 53.0 Å². The van der Waals surface area contributed by atoms with Gasteiger partial charge in [-0.25, -0.2) is 12.8 Å². The summed E-state index contributed by atoms with van der Waals surface area (Å²) in [5.41, 5.74) is 1.21. The van der Waals surface area contributed by atoms with Gasteiger partial charge in [-0.3, -0.25) is 4.79 Å². The average molecular weight is 440 g/mol. The largest absolute Gasteiger partial charge is 0.334 e. The molecular formula is C19H19BrFNO3S. The van der Waals surface area contributed by atoms with E-state index in [9.17, 15) is 17.6 Å². The summed E-state index contributed by atoms with van der Waals surface area (Å²) in [6.07, 6.45) is 0.533. The Morgan fingerprint density at radius 3 is 2.62 bits per heavy atom. The summed E-state index contributed by atoms with van der Waals surface area (Å²) in [5, 5.41) is 0. The standard InChI is InChI=1S/C19H19BrFNO3S/c20-16-6-3-4-14(10-16)11-19(23)22(17-8-9-26(24,25)13-17)12-15-5-1-2-7-18(15)21/h1-7,10,17H,8-9,11-13H2. The first-order chi connectivity index (χ1) is 12.3. The van der Waals surface area contributed by atoms with Gasteiger partial charge in [0.1, 0.15) is 5.82 Å². The fraction of sp³-hybridized carbons (Fsp3) is 0.316. The maximum atomic E-state index is 14.1. The van der Waals surface area contributed by atoms with Gasteiger partial charge in [0, 0.05) is 22.6 Å². The Morgan fingerprint density at radius 1 is 1.19 bits per heavy atom. The van der Waals surface area contributed by atoms with E-state index in [0.29, 0.717) is 12.0 Å². The van der Waals surface area contributed by atoms with Crippen LogP contribution in [-0.4, -0.2) is 36.8 Å². The molecule has 3 rings (SSSR count). The second-order valence-corrected chi connectivity index (χ2v) is 9.62. The number of hydrogen-bond donors (Lipinski definition) is 0. The molecule has 1 aliphatic heterocycles. The second-order valence-electron chi connectivity index (χ2n) is 6.48. The molecule has 0 aromatic heterocycles. The lowest BCUT2D eigenvalue weighted by atomic mass is 10.1. The van der Waals surface area contributed by atoms with Crippen molar-refractivity contribution in [3.05, 3.63) is 69.9 Å². The summed E-state index contributed by atoms with van der Waals surface area (Å²) in [6, 6.07) is 13.3. The number of sulfone groups is 1. The normalized spacial score (nSPS) is 18.6. The van der Waals surface area contributed by atoms with Gasteiger partial charge in [-0.15, -0.1) is 0 Å². The number of nitrogens with zero attached hydrogens (tertiary/aromatic N) is 1. The Balaban J connectivity index is 1.84. The molecule has 7 heteroatoms. The zero-order valence-corrected chi connectivity index (χ0v) is 16.5. The van der Waals surface area contributed by atoms with Crippen LogP contribution < -0.4 is 0 Å². The zero-order valence-electron chi connectivity index (χ0n) is 14.1. The summed E-state index contributed by atoms with van der Waals surface area (Å²) >= 11 is 3.38. The smallest absolute Gasteiger partial charge is 0.227 e. The highest BCUT2D eigenvalue weighted by Crippen LogP contribution is 2.23. The third-order valence-corrected chi connectivity index (χ3v) is 6.76. The van der Waals surface area contributed by atoms with Gasteiger partial charge in [0.2, 0.25) is 5.91 Å². The molecule has 4 nitrogen and oxygen atoms in total. The number of amides is 1. The lowest BCUT2D eigenvalue weighted by Crippen LogP contribution is -2.41. The molecule has 138 valence electrons. The van der Waals surface area contributed by atoms with Crippen molar-refractivity contribution in [2.75, 3.05) is 11.5 Å². The van der Waals surface area contributed by atoms with Gasteiger partial charge in [-0.2, -0.15) is 0 Å². The van der Waals surface area contributed by atoms with Crippen LogP contribution in [0.1, 0.15) is 17.5 Å². The molecule has 1 unspecified atom stereocenters. The third-order valence-electron chi connectivity index (χ3n) is 4.51. The molecule has 1 amide bonds. The number of carbonyl (C=O) groups is 1. The minimum Gasteiger partial charge on any atom is -0.334 e. The summed E-state index contributed by atoms with van der Waals surface area (Å²) in [6.45, 7) is 0.0691. The number of rotatable bonds is 5. The molecule has 26 heavy (non-hydrogen) atoms. The molecule has 0 radical (unpaired) electrons. The number of halogens is 2. The van der Waals surface area contributed by atoms with E-state index in [1.807, 2.05) is 24.3 Å². The zero-order chi connectivity index (χ0) is 18.7. The van der Waals surface area contributed by atoms with E-state index < -0.39 is 21.7 Å². The fourth-order valence-corrected chi connectivity index (χ4v) is 5.35. The molecule has 0 saturated carbocycles. The van der Waals surface area contributed by atoms with Crippen molar-refractivity contribution in [3.63, 3.8) is 0 Å². The second kappa shape index (κ2) is 7.88. The highest BCUT2D eigenvalue weighted by atomic mass is 79.9. The summed E-state index contributed by atoms with van der Waals surface area (Å²) in [5.74, 6) is -0.594. The van der Waals surface area contributed by atoms with Gasteiger partial charge in [0.05, 0.1) is 17.9 Å². The van der Waals surface area contributed by atoms with Crippen molar-refractivity contribution < 1.29 is 17.6 Å². The monoisotopic (exact) mass is 439 g/mol. The van der Waals surface area contributed by atoms with Crippen LogP contribution in [0, 0.1) is 5.82 Å². The topological polar surface area (TPSA) is 54.5 Å². The Bertz CT molecular complexity index is 917. The summed E-state index contributed by atoms with van der Waals surface area (Å²) in [4.78, 5) is 14.4. The third kappa shape index (κ3) is 4.71. The first kappa shape index (κ1) is 19.0. The van der Waals surface area contributed by atoms with Crippen molar-refractivity contribution >= 4 is 31.7 Å². The number of carbonyl (C=O) groups excluding carboxylic acids is 1. The highest BCUT2D eigenvalue weighted by Gasteiger charge is 2.34. The molecule has 0 spiro atoms. The molecule has 1 heterocycles. The van der Waals surface area contributed by atoms with Gasteiger partial charge in [0.25, 0.3) is 0 Å². The maximum absolute atomic E-state index is 14.1. The molecule has 0 aliphatic carbocycles. The lowest BCUT2D eigenvalue weighted by molar-refractivity contribution is -0.133. The first-order valence-corrected chi connectivity index (χ1v) is 10.9. The van der Waals surface area contributed by atoms with Crippen LogP contribution >= 0.6 is 15.9 Å². The van der Waals surface area contributed by atoms with Crippen molar-refractivity contribution in [1.29, 1.82) is 0 Å². The molecule has 1 saturated heterocycles. The maximum Gasteiger partial charge on any atom is 0.227 e. The fourth-order valence-electron chi connectivity index (χ4n) is 3.18. The molecule has 0 N–H and O–H groups in total. The molecule has 0 bridgehead atoms. The molecule has 1 fully saturated rings. The Kier molecular flexibility index (Phi) is 5.77. The van der Waals surface area contributed by atoms with Crippen molar-refractivity contribution in [1.82, 2.24) is 4.90 Å². The van der Waals surface area contributed by atoms with Crippen LogP contribution in [0.4, 0.5) is 4.39 Å². The summed E-state index contributed by atoms with van der Waals surface area (Å²) in [7, 11) is -3.15. The molecular weight excluding hydrogens is 421 g/mol. The molecule has 1 aliphatic rings. The molecule has 2 aromatic carbocycles. The Morgan fingerprint density at radius 2 is 1.96 bits per heavy atom. The predicted molar refractivity (Wildman–Crippen MR) is 102 cm³/mol. The molecule has 2 aromatic rings. The average Bonchev–Trinajstić information content (AvgIpc) is 2.93. The van der Waals surface area contributed by atoms with Gasteiger partial charge in [0.15, 0.2) is 9.84 Å². The van der Waals surface area contributed by atoms with Crippen molar-refractivity contribution in [2.45, 2.75) is 25.4 Å². The van der Waals surface area contributed by atoms with Crippen molar-refractivity contribution in [3.8, 4) is 0 Å². The van der Waals surface area contributed by atoms with Gasteiger partial charge in [-0.1, -0.05) is 46.3 Å². The van der Waals surface area contributed by atoms with Crippen LogP contribution in [0.3, 0.4) is 0 Å². The van der Waals surface area contributed by atoms with E-state index in [-0.39, 0.29) is 30.4 Å². The number of hydrogen-bond acceptors (Lipinski definition) is 3. The van der Waals surface area contributed by atoms with Gasteiger partial charge >= 0.3 is 0 Å². The minimum atomic E-state index is -3.15. The Hall–Kier alpha value is -1.73. The van der Waals surface area contributed by atoms with E-state index in [0.717, 1.165) is 10.0 Å². The van der Waals surface area contributed by atoms with E-state index in [1.165, 1.54) is 11.0 Å². The Labute approximate surface area is 161 Å². The quantitative estimate of drug-likeness (QED) is 0.717. The van der Waals surface area contributed by atoms with E-state index in [1.54, 1.807) is 18.2 Å². The lowest BCUT2D eigenvalue weighted by Gasteiger charge is -2.29. The van der Waals surface area contributed by atoms with E-state index >= 15 is 0 Å². The van der Waals surface area contributed by atoms with Crippen LogP contribution in [-0.2, 0) is 27.6 Å². The van der Waals surface area contributed by atoms with Crippen molar-refractivity contribution in [2.24, 2.45) is 0 Å². The van der Waals surface area contributed by atoms with E-state index in [2.05, 4.69) is 15.9 Å². The minimum absolute atomic E-state index is 0.0638. The number of benzene rings is 2. The highest BCUT2D eigenvalue weighted by molar-refractivity contribution is 9.10. The van der Waals surface area contributed by atoms with Crippen LogP contribution in [0.2, 0.25) is 0 Å². The van der Waals surface area contributed by atoms with Gasteiger partial charge in [-0.05, 0) is 30.2 Å².